The summed E-state index contributed by atoms with van der Waals surface area (Å²) in [6, 6.07) is 11.4. The number of nitrogens with one attached hydrogen (secondary N) is 2. The van der Waals surface area contributed by atoms with Crippen LogP contribution in [0.2, 0.25) is 0 Å². The molecule has 5 heteroatoms. The molecule has 0 aliphatic heterocycles. The molecule has 0 atom stereocenters. The van der Waals surface area contributed by atoms with Crippen LogP contribution in [-0.4, -0.2) is 17.0 Å². The zero-order chi connectivity index (χ0) is 17.5. The van der Waals surface area contributed by atoms with Gasteiger partial charge in [-0.15, -0.1) is 0 Å². The normalized spacial score (nSPS) is 10.8. The van der Waals surface area contributed by atoms with Crippen LogP contribution in [0.3, 0.4) is 0 Å². The van der Waals surface area contributed by atoms with E-state index in [4.69, 9.17) is 4.74 Å². The van der Waals surface area contributed by atoms with E-state index in [9.17, 15) is 4.79 Å². The Labute approximate surface area is 143 Å². The number of amides is 1. The van der Waals surface area contributed by atoms with Crippen molar-refractivity contribution in [3.05, 3.63) is 42.6 Å². The molecule has 0 bridgehead atoms. The third-order valence-electron chi connectivity index (χ3n) is 3.15. The number of pyridine rings is 1. The first-order valence-corrected chi connectivity index (χ1v) is 8.22. The first-order valence-electron chi connectivity index (χ1n) is 8.22. The van der Waals surface area contributed by atoms with Crippen LogP contribution in [0.5, 0.6) is 5.75 Å². The highest BCUT2D eigenvalue weighted by atomic mass is 16.5. The van der Waals surface area contributed by atoms with Crippen LogP contribution >= 0.6 is 0 Å². The largest absolute Gasteiger partial charge is 0.489 e. The Morgan fingerprint density at radius 2 is 1.88 bits per heavy atom. The summed E-state index contributed by atoms with van der Waals surface area (Å²) in [4.78, 5) is 16.1. The number of nitrogens with zero attached hydrogens (tertiary/aromatic N) is 1. The molecule has 2 N–H and O–H groups in total. The third kappa shape index (κ3) is 5.57. The minimum absolute atomic E-state index is 0.00295. The van der Waals surface area contributed by atoms with E-state index in [0.29, 0.717) is 23.8 Å². The van der Waals surface area contributed by atoms with E-state index in [-0.39, 0.29) is 12.0 Å². The number of carbonyl (C=O) groups is 1. The van der Waals surface area contributed by atoms with Crippen molar-refractivity contribution in [1.29, 1.82) is 0 Å². The summed E-state index contributed by atoms with van der Waals surface area (Å²) in [5.74, 6) is 1.81. The topological polar surface area (TPSA) is 63.2 Å². The van der Waals surface area contributed by atoms with E-state index in [1.165, 1.54) is 0 Å². The van der Waals surface area contributed by atoms with Gasteiger partial charge in [-0.2, -0.15) is 0 Å². The quantitative estimate of drug-likeness (QED) is 0.780. The maximum Gasteiger partial charge on any atom is 0.224 e. The van der Waals surface area contributed by atoms with E-state index in [2.05, 4.69) is 15.6 Å². The fourth-order valence-electron chi connectivity index (χ4n) is 2.19. The monoisotopic (exact) mass is 327 g/mol. The molecule has 128 valence electrons. The highest BCUT2D eigenvalue weighted by molar-refractivity contribution is 5.90. The predicted octanol–water partition coefficient (Wildman–Crippen LogP) is 4.60. The lowest BCUT2D eigenvalue weighted by molar-refractivity contribution is -0.116. The Morgan fingerprint density at radius 1 is 1.12 bits per heavy atom. The number of carbonyl (C=O) groups excluding carboxylic acids is 1. The second-order valence-electron chi connectivity index (χ2n) is 6.37. The van der Waals surface area contributed by atoms with Crippen molar-refractivity contribution in [3.63, 3.8) is 0 Å². The number of ether oxygens (including phenoxy) is 1. The summed E-state index contributed by atoms with van der Waals surface area (Å²) in [5, 5.41) is 6.09. The Morgan fingerprint density at radius 3 is 2.50 bits per heavy atom. The summed E-state index contributed by atoms with van der Waals surface area (Å²) in [6.07, 6.45) is 2.24. The Kier molecular flexibility index (Phi) is 6.18. The molecule has 0 fully saturated rings. The van der Waals surface area contributed by atoms with Gasteiger partial charge in [-0.3, -0.25) is 4.79 Å². The number of rotatable bonds is 7. The van der Waals surface area contributed by atoms with Crippen molar-refractivity contribution in [1.82, 2.24) is 4.98 Å². The number of para-hydroxylation sites is 2. The molecule has 5 nitrogen and oxygen atoms in total. The predicted molar refractivity (Wildman–Crippen MR) is 97.8 cm³/mol. The van der Waals surface area contributed by atoms with Crippen molar-refractivity contribution in [3.8, 4) is 5.75 Å². The second-order valence-corrected chi connectivity index (χ2v) is 6.37. The third-order valence-corrected chi connectivity index (χ3v) is 3.15. The van der Waals surface area contributed by atoms with Crippen molar-refractivity contribution in [2.45, 2.75) is 40.2 Å². The summed E-state index contributed by atoms with van der Waals surface area (Å²) in [7, 11) is 0. The van der Waals surface area contributed by atoms with E-state index >= 15 is 0 Å². The van der Waals surface area contributed by atoms with Crippen molar-refractivity contribution in [2.24, 2.45) is 5.92 Å². The molecule has 1 aromatic carbocycles. The van der Waals surface area contributed by atoms with Crippen LogP contribution in [0, 0.1) is 5.92 Å². The molecule has 1 aromatic heterocycles. The van der Waals surface area contributed by atoms with Crippen molar-refractivity contribution < 1.29 is 9.53 Å². The smallest absolute Gasteiger partial charge is 0.224 e. The van der Waals surface area contributed by atoms with Gasteiger partial charge < -0.3 is 15.4 Å². The molecule has 24 heavy (non-hydrogen) atoms. The van der Waals surface area contributed by atoms with Crippen LogP contribution < -0.4 is 15.4 Å². The minimum Gasteiger partial charge on any atom is -0.489 e. The zero-order valence-corrected chi connectivity index (χ0v) is 14.7. The van der Waals surface area contributed by atoms with Crippen LogP contribution in [0.25, 0.3) is 0 Å². The number of benzene rings is 1. The molecule has 0 spiro atoms. The maximum atomic E-state index is 11.8. The van der Waals surface area contributed by atoms with Crippen LogP contribution in [0.4, 0.5) is 17.2 Å². The van der Waals surface area contributed by atoms with Crippen molar-refractivity contribution >= 4 is 23.1 Å². The fraction of sp³-hybridized carbons (Fsp3) is 0.368. The molecule has 0 radical (unpaired) electrons. The molecule has 0 saturated carbocycles. The molecule has 0 unspecified atom stereocenters. The molecule has 0 aliphatic carbocycles. The number of aromatic nitrogens is 1. The van der Waals surface area contributed by atoms with Gasteiger partial charge in [-0.05, 0) is 44.0 Å². The van der Waals surface area contributed by atoms with E-state index < -0.39 is 0 Å². The Hall–Kier alpha value is -2.56. The van der Waals surface area contributed by atoms with E-state index in [1.54, 1.807) is 6.20 Å². The summed E-state index contributed by atoms with van der Waals surface area (Å²) >= 11 is 0. The van der Waals surface area contributed by atoms with Crippen molar-refractivity contribution in [2.75, 3.05) is 10.6 Å². The van der Waals surface area contributed by atoms with Crippen LogP contribution in [-0.2, 0) is 4.79 Å². The SMILES string of the molecule is CC(C)CC(=O)Nc1ccc(Nc2ccccc2OC(C)C)nc1. The number of hydrogen-bond donors (Lipinski definition) is 2. The average Bonchev–Trinajstić information content (AvgIpc) is 2.50. The van der Waals surface area contributed by atoms with Gasteiger partial charge in [0.1, 0.15) is 11.6 Å². The lowest BCUT2D eigenvalue weighted by Gasteiger charge is -2.15. The van der Waals surface area contributed by atoms with E-state index in [1.807, 2.05) is 64.1 Å². The minimum atomic E-state index is 0.00295. The van der Waals surface area contributed by atoms with Gasteiger partial charge in [0.2, 0.25) is 5.91 Å². The average molecular weight is 327 g/mol. The first kappa shape index (κ1) is 17.8. The lowest BCUT2D eigenvalue weighted by atomic mass is 10.1. The molecule has 1 amide bonds. The van der Waals surface area contributed by atoms with Gasteiger partial charge in [-0.25, -0.2) is 4.98 Å². The van der Waals surface area contributed by atoms with Gasteiger partial charge in [-0.1, -0.05) is 26.0 Å². The standard InChI is InChI=1S/C19H25N3O2/c1-13(2)11-19(23)21-15-9-10-18(20-12-15)22-16-7-5-6-8-17(16)24-14(3)4/h5-10,12-14H,11H2,1-4H3,(H,20,22)(H,21,23). The summed E-state index contributed by atoms with van der Waals surface area (Å²) < 4.78 is 5.78. The molecule has 2 rings (SSSR count). The van der Waals surface area contributed by atoms with Gasteiger partial charge in [0.15, 0.2) is 0 Å². The number of hydrogen-bond acceptors (Lipinski definition) is 4. The van der Waals surface area contributed by atoms with Gasteiger partial charge in [0.25, 0.3) is 0 Å². The lowest BCUT2D eigenvalue weighted by Crippen LogP contribution is -2.14. The molecular weight excluding hydrogens is 302 g/mol. The van der Waals surface area contributed by atoms with E-state index in [0.717, 1.165) is 11.4 Å². The highest BCUT2D eigenvalue weighted by Gasteiger charge is 2.07. The van der Waals surface area contributed by atoms with Gasteiger partial charge in [0, 0.05) is 6.42 Å². The molecule has 0 saturated heterocycles. The highest BCUT2D eigenvalue weighted by Crippen LogP contribution is 2.27. The van der Waals surface area contributed by atoms with Gasteiger partial charge >= 0.3 is 0 Å². The Bertz CT molecular complexity index is 667. The first-order chi connectivity index (χ1) is 11.4. The number of anilines is 3. The Balaban J connectivity index is 2.03. The van der Waals surface area contributed by atoms with Crippen LogP contribution in [0.15, 0.2) is 42.6 Å². The molecule has 1 heterocycles. The van der Waals surface area contributed by atoms with Crippen LogP contribution in [0.1, 0.15) is 34.1 Å². The van der Waals surface area contributed by atoms with Gasteiger partial charge in [0.05, 0.1) is 23.7 Å². The summed E-state index contributed by atoms with van der Waals surface area (Å²) in [6.45, 7) is 8.01. The molecular formula is C19H25N3O2. The second kappa shape index (κ2) is 8.34. The zero-order valence-electron chi connectivity index (χ0n) is 14.7. The molecule has 2 aromatic rings. The molecule has 0 aliphatic rings. The maximum absolute atomic E-state index is 11.8. The summed E-state index contributed by atoms with van der Waals surface area (Å²) in [5.41, 5.74) is 1.55. The fourth-order valence-corrected chi connectivity index (χ4v) is 2.19.